The molecule has 10 heteroatoms. The summed E-state index contributed by atoms with van der Waals surface area (Å²) in [5, 5.41) is 1.41. The van der Waals surface area contributed by atoms with E-state index in [2.05, 4.69) is 4.90 Å². The Morgan fingerprint density at radius 1 is 0.795 bits per heavy atom. The molecule has 3 fully saturated rings. The topological polar surface area (TPSA) is 89.2 Å². The summed E-state index contributed by atoms with van der Waals surface area (Å²) in [7, 11) is -2.62. The van der Waals surface area contributed by atoms with E-state index in [9.17, 15) is 18.7 Å². The van der Waals surface area contributed by atoms with Gasteiger partial charge in [0.1, 0.15) is 5.69 Å². The number of rotatable bonds is 4. The maximum Gasteiger partial charge on any atom is 0.270 e. The summed E-state index contributed by atoms with van der Waals surface area (Å²) in [5.41, 5.74) is 2.71. The SMILES string of the molecule is O=C(c1ccc2c(c1)cc(C(=O)N1CCS(O)(O)CC1)n2-c1ccc(Cl)cc1)N1CCN(C2CCCC2)CC1. The first-order valence-electron chi connectivity index (χ1n) is 13.8. The van der Waals surface area contributed by atoms with Crippen molar-refractivity contribution in [2.45, 2.75) is 31.7 Å². The second kappa shape index (κ2) is 10.8. The van der Waals surface area contributed by atoms with Crippen LogP contribution in [0.3, 0.4) is 0 Å². The number of hydrogen-bond acceptors (Lipinski definition) is 5. The van der Waals surface area contributed by atoms with Gasteiger partial charge in [0.15, 0.2) is 0 Å². The van der Waals surface area contributed by atoms with Crippen LogP contribution < -0.4 is 0 Å². The predicted octanol–water partition coefficient (Wildman–Crippen LogP) is 5.19. The van der Waals surface area contributed by atoms with Crippen molar-refractivity contribution in [3.8, 4) is 5.69 Å². The van der Waals surface area contributed by atoms with Crippen LogP contribution in [0, 0.1) is 0 Å². The van der Waals surface area contributed by atoms with E-state index in [4.69, 9.17) is 11.6 Å². The van der Waals surface area contributed by atoms with Crippen LogP contribution in [-0.2, 0) is 0 Å². The third kappa shape index (κ3) is 5.43. The first-order chi connectivity index (χ1) is 18.8. The van der Waals surface area contributed by atoms with E-state index < -0.39 is 10.6 Å². The summed E-state index contributed by atoms with van der Waals surface area (Å²) >= 11 is 6.14. The Kier molecular flexibility index (Phi) is 7.37. The second-order valence-corrected chi connectivity index (χ2v) is 13.7. The fourth-order valence-corrected chi connectivity index (χ4v) is 7.56. The highest BCUT2D eigenvalue weighted by atomic mass is 35.5. The zero-order valence-electron chi connectivity index (χ0n) is 22.0. The van der Waals surface area contributed by atoms with Gasteiger partial charge >= 0.3 is 0 Å². The number of halogens is 1. The summed E-state index contributed by atoms with van der Waals surface area (Å²) < 4.78 is 21.9. The molecule has 2 aliphatic heterocycles. The number of benzene rings is 2. The Balaban J connectivity index is 1.29. The van der Waals surface area contributed by atoms with Crippen molar-refractivity contribution in [2.24, 2.45) is 0 Å². The van der Waals surface area contributed by atoms with Crippen LogP contribution in [0.25, 0.3) is 16.6 Å². The first-order valence-corrected chi connectivity index (χ1v) is 16.0. The zero-order valence-corrected chi connectivity index (χ0v) is 23.5. The molecule has 2 aromatic carbocycles. The van der Waals surface area contributed by atoms with Gasteiger partial charge in [0.2, 0.25) is 0 Å². The number of aromatic nitrogens is 1. The van der Waals surface area contributed by atoms with Gasteiger partial charge in [0.25, 0.3) is 11.8 Å². The van der Waals surface area contributed by atoms with Crippen LogP contribution >= 0.6 is 22.2 Å². The van der Waals surface area contributed by atoms with Gasteiger partial charge in [0, 0.05) is 67.0 Å². The Labute approximate surface area is 235 Å². The van der Waals surface area contributed by atoms with Gasteiger partial charge < -0.3 is 14.4 Å². The molecule has 39 heavy (non-hydrogen) atoms. The molecule has 0 bridgehead atoms. The number of fused-ring (bicyclic) bond motifs is 1. The Morgan fingerprint density at radius 2 is 1.44 bits per heavy atom. The minimum Gasteiger partial charge on any atom is -0.336 e. The molecule has 6 rings (SSSR count). The second-order valence-electron chi connectivity index (χ2n) is 10.9. The Bertz CT molecular complexity index is 1370. The van der Waals surface area contributed by atoms with Crippen molar-refractivity contribution in [3.05, 3.63) is 64.8 Å². The normalized spacial score (nSPS) is 21.4. The minimum absolute atomic E-state index is 0.0244. The van der Waals surface area contributed by atoms with Crippen molar-refractivity contribution in [2.75, 3.05) is 50.8 Å². The average Bonchev–Trinajstić information content (AvgIpc) is 3.61. The van der Waals surface area contributed by atoms with Gasteiger partial charge in [-0.05, 0) is 61.4 Å². The lowest BCUT2D eigenvalue weighted by Crippen LogP contribution is -2.51. The van der Waals surface area contributed by atoms with E-state index in [1.54, 1.807) is 17.0 Å². The summed E-state index contributed by atoms with van der Waals surface area (Å²) in [6.07, 6.45) is 5.17. The summed E-state index contributed by atoms with van der Waals surface area (Å²) in [6.45, 7) is 3.89. The summed E-state index contributed by atoms with van der Waals surface area (Å²) in [4.78, 5) is 33.3. The van der Waals surface area contributed by atoms with Gasteiger partial charge in [-0.3, -0.25) is 23.6 Å². The van der Waals surface area contributed by atoms with E-state index in [-0.39, 0.29) is 23.3 Å². The Morgan fingerprint density at radius 3 is 2.10 bits per heavy atom. The molecule has 0 spiro atoms. The molecule has 3 aliphatic rings. The molecule has 3 heterocycles. The van der Waals surface area contributed by atoms with Gasteiger partial charge in [-0.1, -0.05) is 24.4 Å². The lowest BCUT2D eigenvalue weighted by molar-refractivity contribution is 0.0573. The van der Waals surface area contributed by atoms with Crippen molar-refractivity contribution >= 4 is 44.9 Å². The Hall–Kier alpha value is -2.56. The molecule has 2 saturated heterocycles. The quantitative estimate of drug-likeness (QED) is 0.450. The molecule has 0 unspecified atom stereocenters. The van der Waals surface area contributed by atoms with Gasteiger partial charge in [-0.25, -0.2) is 0 Å². The zero-order chi connectivity index (χ0) is 27.1. The number of amides is 2. The fourth-order valence-electron chi connectivity index (χ4n) is 6.21. The van der Waals surface area contributed by atoms with Crippen molar-refractivity contribution in [3.63, 3.8) is 0 Å². The number of piperazine rings is 1. The van der Waals surface area contributed by atoms with Crippen LogP contribution in [-0.4, -0.2) is 97.0 Å². The van der Waals surface area contributed by atoms with E-state index in [0.29, 0.717) is 35.4 Å². The van der Waals surface area contributed by atoms with E-state index in [1.807, 2.05) is 45.9 Å². The highest BCUT2D eigenvalue weighted by Gasteiger charge is 2.30. The molecular weight excluding hydrogens is 536 g/mol. The number of hydrogen-bond donors (Lipinski definition) is 2. The fraction of sp³-hybridized carbons (Fsp3) is 0.448. The lowest BCUT2D eigenvalue weighted by Gasteiger charge is -2.40. The molecule has 1 aliphatic carbocycles. The third-order valence-electron chi connectivity index (χ3n) is 8.46. The standard InChI is InChI=1S/C29H35ClN4O4S/c30-23-6-8-25(9-7-23)34-26-10-5-21(28(35)32-13-11-31(12-14-32)24-3-1-2-4-24)19-22(26)20-27(34)29(36)33-15-17-39(37,38)18-16-33/h5-10,19-20,24,37-38H,1-4,11-18H2. The summed E-state index contributed by atoms with van der Waals surface area (Å²) in [6, 6.07) is 15.5. The molecule has 208 valence electrons. The van der Waals surface area contributed by atoms with Gasteiger partial charge in [-0.2, -0.15) is 10.6 Å². The highest BCUT2D eigenvalue weighted by molar-refractivity contribution is 8.24. The molecule has 3 aromatic rings. The molecule has 0 radical (unpaired) electrons. The molecule has 0 atom stereocenters. The molecule has 1 saturated carbocycles. The summed E-state index contributed by atoms with van der Waals surface area (Å²) in [5.74, 6) is 0.224. The van der Waals surface area contributed by atoms with Crippen LogP contribution in [0.15, 0.2) is 48.5 Å². The minimum atomic E-state index is -2.62. The number of nitrogens with zero attached hydrogens (tertiary/aromatic N) is 4. The van der Waals surface area contributed by atoms with Gasteiger partial charge in [0.05, 0.1) is 17.0 Å². The molecule has 1 aromatic heterocycles. The number of carbonyl (C=O) groups excluding carboxylic acids is 2. The maximum atomic E-state index is 13.7. The van der Waals surface area contributed by atoms with Crippen LogP contribution in [0.2, 0.25) is 5.02 Å². The van der Waals surface area contributed by atoms with Crippen molar-refractivity contribution in [1.82, 2.24) is 19.3 Å². The monoisotopic (exact) mass is 570 g/mol. The average molecular weight is 571 g/mol. The number of carbonyl (C=O) groups is 2. The van der Waals surface area contributed by atoms with Gasteiger partial charge in [-0.15, -0.1) is 0 Å². The van der Waals surface area contributed by atoms with Crippen LogP contribution in [0.4, 0.5) is 0 Å². The van der Waals surface area contributed by atoms with Crippen molar-refractivity contribution in [1.29, 1.82) is 0 Å². The molecule has 8 nitrogen and oxygen atoms in total. The smallest absolute Gasteiger partial charge is 0.270 e. The van der Waals surface area contributed by atoms with Crippen molar-refractivity contribution < 1.29 is 18.7 Å². The van der Waals surface area contributed by atoms with Crippen LogP contribution in [0.1, 0.15) is 46.5 Å². The molecule has 2 N–H and O–H groups in total. The molecule has 2 amide bonds. The lowest BCUT2D eigenvalue weighted by atomic mass is 10.1. The highest BCUT2D eigenvalue weighted by Crippen LogP contribution is 2.40. The predicted molar refractivity (Wildman–Crippen MR) is 157 cm³/mol. The van der Waals surface area contributed by atoms with E-state index in [0.717, 1.165) is 42.8 Å². The van der Waals surface area contributed by atoms with Crippen LogP contribution in [0.5, 0.6) is 0 Å². The first kappa shape index (κ1) is 26.7. The third-order valence-corrected chi connectivity index (χ3v) is 10.4. The van der Waals surface area contributed by atoms with E-state index in [1.165, 1.54) is 25.7 Å². The van der Waals surface area contributed by atoms with E-state index >= 15 is 0 Å². The molecular formula is C29H35ClN4O4S. The maximum absolute atomic E-state index is 13.7. The largest absolute Gasteiger partial charge is 0.336 e.